The quantitative estimate of drug-likeness (QED) is 0.134. The predicted octanol–water partition coefficient (Wildman–Crippen LogP) is 14.4. The van der Waals surface area contributed by atoms with Crippen molar-refractivity contribution in [3.63, 3.8) is 0 Å². The number of hydrogen-bond donors (Lipinski definition) is 0. The lowest BCUT2D eigenvalue weighted by molar-refractivity contribution is 0.669. The zero-order valence-electron chi connectivity index (χ0n) is 55.4. The molecule has 0 radical (unpaired) electrons. The average Bonchev–Trinajstić information content (AvgIpc) is 3.20. The molecule has 1 nitrogen and oxygen atoms in total. The molecule has 0 spiro atoms. The van der Waals surface area contributed by atoms with Crippen LogP contribution >= 0.6 is 0 Å². The van der Waals surface area contributed by atoms with E-state index in [-0.39, 0.29) is 0 Å². The molecule has 0 saturated carbocycles. The monoisotopic (exact) mass is 676 g/mol. The summed E-state index contributed by atoms with van der Waals surface area (Å²) < 4.78 is 278. The van der Waals surface area contributed by atoms with Gasteiger partial charge in [-0.05, 0) is 105 Å². The van der Waals surface area contributed by atoms with Gasteiger partial charge in [0.25, 0.3) is 0 Å². The van der Waals surface area contributed by atoms with Gasteiger partial charge in [-0.25, -0.2) is 0 Å². The smallest absolute Gasteiger partial charge is 0.136 e. The molecule has 1 aromatic heterocycles. The second-order valence-electron chi connectivity index (χ2n) is 11.3. The van der Waals surface area contributed by atoms with Crippen molar-refractivity contribution >= 4 is 75.8 Å². The summed E-state index contributed by atoms with van der Waals surface area (Å²) in [6.45, 7) is 0. The molecule has 10 aromatic carbocycles. The Balaban J connectivity index is 1.38. The fraction of sp³-hybridized carbons (Fsp3) is 0. The summed E-state index contributed by atoms with van der Waals surface area (Å²) in [6.07, 6.45) is 0. The van der Waals surface area contributed by atoms with Crippen LogP contribution in [0.2, 0.25) is 0 Å². The zero-order chi connectivity index (χ0) is 59.6. The molecule has 51 heavy (non-hydrogen) atoms. The highest BCUT2D eigenvalue weighted by atomic mass is 16.3. The molecule has 0 amide bonds. The highest BCUT2D eigenvalue weighted by molar-refractivity contribution is 6.24. The van der Waals surface area contributed by atoms with Gasteiger partial charge in [-0.3, -0.25) is 0 Å². The Labute approximate surface area is 336 Å². The van der Waals surface area contributed by atoms with Gasteiger partial charge in [-0.1, -0.05) is 163 Å². The average molecular weight is 677 g/mol. The SMILES string of the molecule is [2H]c1c([2H])c(-c2c([2H])c([2H])c([2H])c3c([2H])c([2H])c4c([2H])c([2H])c([2H])c([2H])c4c23)c([2H])c([2H])c1-c1c2c([2H])c([2H])c([2H])c([2H])c2c(-c2c([2H])c([2H])c3oc4c([2H])c([2H])c5c([2H])c([2H])c([2H])c([2H])c5c4c3c2[2H])c2c([2H])c([2H])c([2H])c([2H])c12. The summed E-state index contributed by atoms with van der Waals surface area (Å²) in [5.41, 5.74) is -6.09. The maximum Gasteiger partial charge on any atom is 0.136 e. The van der Waals surface area contributed by atoms with E-state index in [1.54, 1.807) is 0 Å². The first-order valence-corrected chi connectivity index (χ1v) is 15.2. The van der Waals surface area contributed by atoms with Gasteiger partial charge in [0, 0.05) is 10.8 Å². The van der Waals surface area contributed by atoms with Crippen LogP contribution in [0.1, 0.15) is 41.1 Å². The molecule has 11 rings (SSSR count). The fourth-order valence-electron chi connectivity index (χ4n) is 6.42. The van der Waals surface area contributed by atoms with Gasteiger partial charge in [-0.2, -0.15) is 0 Å². The van der Waals surface area contributed by atoms with E-state index in [9.17, 15) is 16.4 Å². The van der Waals surface area contributed by atoms with Crippen LogP contribution in [0.5, 0.6) is 0 Å². The normalized spacial score (nSPS) is 20.2. The van der Waals surface area contributed by atoms with Crippen molar-refractivity contribution in [2.45, 2.75) is 0 Å². The van der Waals surface area contributed by atoms with Crippen LogP contribution in [0.4, 0.5) is 0 Å². The molecule has 0 atom stereocenters. The van der Waals surface area contributed by atoms with Gasteiger partial charge in [0.05, 0.1) is 41.1 Å². The summed E-state index contributed by atoms with van der Waals surface area (Å²) in [7, 11) is 0. The van der Waals surface area contributed by atoms with E-state index >= 15 is 0 Å². The lowest BCUT2D eigenvalue weighted by Gasteiger charge is -2.18. The van der Waals surface area contributed by atoms with E-state index in [4.69, 9.17) is 29.1 Å². The second-order valence-corrected chi connectivity index (χ2v) is 11.3. The third-order valence-electron chi connectivity index (χ3n) is 8.57. The third-order valence-corrected chi connectivity index (χ3v) is 8.57. The van der Waals surface area contributed by atoms with Gasteiger partial charge in [0.2, 0.25) is 0 Å². The molecule has 0 saturated heterocycles. The Morgan fingerprint density at radius 1 is 0.314 bits per heavy atom. The van der Waals surface area contributed by atoms with Crippen LogP contribution in [0.15, 0.2) is 186 Å². The van der Waals surface area contributed by atoms with Gasteiger partial charge >= 0.3 is 0 Å². The Hall–Kier alpha value is -6.70. The molecule has 11 aromatic rings. The standard InChI is InChI=1S/C50H30O/c1-3-13-37-31(10-1)20-23-34-12-9-19-38(47(34)37)33-21-24-35(25-22-33)48-40-15-5-7-17-42(40)49(43-18-8-6-16-41(43)48)36-27-28-45-44(30-36)50-39-14-4-2-11-32(39)26-29-46(50)51-45/h1-30H/i1D,2D,3D,4D,5D,6D,7D,8D,9D,10D,11D,12D,13D,14D,15D,16D,17D,18D,19D,20D,21D,22D,23D,24D,25D,26D,27D,28D,29D,30D. The molecule has 0 aliphatic carbocycles. The first-order valence-electron chi connectivity index (χ1n) is 30.2. The van der Waals surface area contributed by atoms with Gasteiger partial charge in [-0.15, -0.1) is 0 Å². The van der Waals surface area contributed by atoms with E-state index < -0.39 is 290 Å². The minimum Gasteiger partial charge on any atom is -0.456 e. The Morgan fingerprint density at radius 2 is 0.784 bits per heavy atom. The Morgan fingerprint density at radius 3 is 1.45 bits per heavy atom. The molecule has 0 fully saturated rings. The van der Waals surface area contributed by atoms with E-state index in [1.807, 2.05) is 0 Å². The highest BCUT2D eigenvalue weighted by Crippen LogP contribution is 2.46. The van der Waals surface area contributed by atoms with Crippen LogP contribution in [-0.4, -0.2) is 0 Å². The minimum absolute atomic E-state index is 0.420. The first-order chi connectivity index (χ1) is 37.8. The summed E-state index contributed by atoms with van der Waals surface area (Å²) in [4.78, 5) is 0. The van der Waals surface area contributed by atoms with Crippen molar-refractivity contribution in [3.8, 4) is 33.4 Å². The van der Waals surface area contributed by atoms with Gasteiger partial charge in [0.1, 0.15) is 11.2 Å². The van der Waals surface area contributed by atoms with Gasteiger partial charge < -0.3 is 4.42 Å². The van der Waals surface area contributed by atoms with Crippen LogP contribution in [0, 0.1) is 0 Å². The van der Waals surface area contributed by atoms with Crippen molar-refractivity contribution in [1.82, 2.24) is 0 Å². The molecular formula is C50H30O. The molecule has 1 heterocycles. The number of rotatable bonds is 3. The molecule has 0 unspecified atom stereocenters. The number of furan rings is 1. The topological polar surface area (TPSA) is 13.1 Å². The van der Waals surface area contributed by atoms with Crippen LogP contribution in [0.3, 0.4) is 0 Å². The maximum atomic E-state index is 9.93. The summed E-state index contributed by atoms with van der Waals surface area (Å²) in [5, 5.41) is -7.42. The lowest BCUT2D eigenvalue weighted by atomic mass is 9.85. The molecule has 0 bridgehead atoms. The zero-order valence-corrected chi connectivity index (χ0v) is 25.4. The fourth-order valence-corrected chi connectivity index (χ4v) is 6.42. The molecule has 0 N–H and O–H groups in total. The minimum atomic E-state index is -1.15. The summed E-state index contributed by atoms with van der Waals surface area (Å²) in [5.74, 6) is 0. The van der Waals surface area contributed by atoms with Crippen molar-refractivity contribution in [3.05, 3.63) is 181 Å². The van der Waals surface area contributed by atoms with Crippen LogP contribution < -0.4 is 0 Å². The van der Waals surface area contributed by atoms with E-state index in [0.29, 0.717) is 0 Å². The van der Waals surface area contributed by atoms with Crippen molar-refractivity contribution in [2.75, 3.05) is 0 Å². The van der Waals surface area contributed by atoms with Crippen LogP contribution in [-0.2, 0) is 0 Å². The van der Waals surface area contributed by atoms with Crippen LogP contribution in [0.25, 0.3) is 109 Å². The van der Waals surface area contributed by atoms with Crippen molar-refractivity contribution in [2.24, 2.45) is 0 Å². The Bertz CT molecular complexity index is 4820. The molecule has 236 valence electrons. The maximum absolute atomic E-state index is 9.93. The molecule has 0 aliphatic heterocycles. The Kier molecular flexibility index (Phi) is 2.50. The van der Waals surface area contributed by atoms with E-state index in [1.165, 1.54) is 0 Å². The predicted molar refractivity (Wildman–Crippen MR) is 218 cm³/mol. The molecule has 1 heteroatoms. The number of fused-ring (bicyclic) bond motifs is 10. The van der Waals surface area contributed by atoms with Crippen molar-refractivity contribution < 1.29 is 45.5 Å². The lowest BCUT2D eigenvalue weighted by Crippen LogP contribution is -1.91. The second kappa shape index (κ2) is 10.9. The largest absolute Gasteiger partial charge is 0.456 e. The van der Waals surface area contributed by atoms with E-state index in [2.05, 4.69) is 0 Å². The first kappa shape index (κ1) is 11.7. The summed E-state index contributed by atoms with van der Waals surface area (Å²) >= 11 is 0. The number of benzene rings is 10. The summed E-state index contributed by atoms with van der Waals surface area (Å²) in [6, 6.07) is -28.1. The highest BCUT2D eigenvalue weighted by Gasteiger charge is 2.19. The van der Waals surface area contributed by atoms with E-state index in [0.717, 1.165) is 0 Å². The van der Waals surface area contributed by atoms with Crippen molar-refractivity contribution in [1.29, 1.82) is 0 Å². The molecule has 0 aliphatic rings. The number of hydrogen-bond acceptors (Lipinski definition) is 1. The molecular weight excluding hydrogens is 617 g/mol. The third kappa shape index (κ3) is 4.22. The van der Waals surface area contributed by atoms with Gasteiger partial charge in [0.15, 0.2) is 0 Å².